The quantitative estimate of drug-likeness (QED) is 0.935. The van der Waals surface area contributed by atoms with Crippen LogP contribution in [0.1, 0.15) is 10.5 Å². The van der Waals surface area contributed by atoms with Gasteiger partial charge in [0.25, 0.3) is 5.91 Å². The van der Waals surface area contributed by atoms with Crippen molar-refractivity contribution >= 4 is 17.4 Å². The number of anilines is 2. The Kier molecular flexibility index (Phi) is 4.24. The number of morpholine rings is 1. The number of rotatable bonds is 3. The number of nitrogens with zero attached hydrogens (tertiary/aromatic N) is 3. The van der Waals surface area contributed by atoms with Gasteiger partial charge < -0.3 is 15.0 Å². The van der Waals surface area contributed by atoms with Crippen LogP contribution in [0.4, 0.5) is 15.9 Å². The highest BCUT2D eigenvalue weighted by atomic mass is 19.1. The van der Waals surface area contributed by atoms with Gasteiger partial charge >= 0.3 is 0 Å². The topological polar surface area (TPSA) is 67.4 Å². The molecular formula is C15H15FN4O2. The molecule has 7 heteroatoms. The maximum atomic E-state index is 12.8. The molecule has 2 aromatic rings. The van der Waals surface area contributed by atoms with Crippen LogP contribution in [0.25, 0.3) is 0 Å². The van der Waals surface area contributed by atoms with Crippen molar-refractivity contribution in [1.82, 2.24) is 9.97 Å². The van der Waals surface area contributed by atoms with E-state index in [0.29, 0.717) is 18.9 Å². The predicted octanol–water partition coefficient (Wildman–Crippen LogP) is 1.70. The number of halogens is 1. The number of ether oxygens (including phenoxy) is 1. The maximum Gasteiger partial charge on any atom is 0.275 e. The Bertz CT molecular complexity index is 640. The number of amides is 1. The lowest BCUT2D eigenvalue weighted by atomic mass is 10.3. The summed E-state index contributed by atoms with van der Waals surface area (Å²) in [5.41, 5.74) is 0.715. The zero-order chi connectivity index (χ0) is 15.4. The molecule has 0 radical (unpaired) electrons. The lowest BCUT2D eigenvalue weighted by Crippen LogP contribution is -2.36. The second-order valence-corrected chi connectivity index (χ2v) is 4.82. The van der Waals surface area contributed by atoms with Gasteiger partial charge in [0, 0.05) is 18.8 Å². The molecule has 0 aliphatic carbocycles. The van der Waals surface area contributed by atoms with E-state index in [1.54, 1.807) is 6.20 Å². The summed E-state index contributed by atoms with van der Waals surface area (Å²) < 4.78 is 18.1. The van der Waals surface area contributed by atoms with Crippen LogP contribution in [-0.4, -0.2) is 42.2 Å². The lowest BCUT2D eigenvalue weighted by molar-refractivity contribution is 0.102. The fourth-order valence-electron chi connectivity index (χ4n) is 2.12. The van der Waals surface area contributed by atoms with Crippen molar-refractivity contribution in [3.63, 3.8) is 0 Å². The lowest BCUT2D eigenvalue weighted by Gasteiger charge is -2.27. The summed E-state index contributed by atoms with van der Waals surface area (Å²) in [6.45, 7) is 2.84. The Morgan fingerprint density at radius 1 is 1.14 bits per heavy atom. The van der Waals surface area contributed by atoms with Crippen molar-refractivity contribution in [2.75, 3.05) is 36.5 Å². The summed E-state index contributed by atoms with van der Waals surface area (Å²) in [5, 5.41) is 2.64. The molecule has 1 saturated heterocycles. The van der Waals surface area contributed by atoms with Gasteiger partial charge in [-0.2, -0.15) is 0 Å². The fraction of sp³-hybridized carbons (Fsp3) is 0.267. The molecule has 0 atom stereocenters. The first kappa shape index (κ1) is 14.4. The van der Waals surface area contributed by atoms with E-state index in [1.165, 1.54) is 30.5 Å². The van der Waals surface area contributed by atoms with E-state index >= 15 is 0 Å². The first-order chi connectivity index (χ1) is 10.7. The third kappa shape index (κ3) is 3.37. The molecule has 1 aromatic heterocycles. The average molecular weight is 302 g/mol. The Labute approximate surface area is 126 Å². The van der Waals surface area contributed by atoms with Gasteiger partial charge in [-0.15, -0.1) is 0 Å². The van der Waals surface area contributed by atoms with Crippen molar-refractivity contribution in [3.05, 3.63) is 48.2 Å². The zero-order valence-electron chi connectivity index (χ0n) is 11.8. The number of nitrogens with one attached hydrogen (secondary N) is 1. The number of carbonyl (C=O) groups is 1. The van der Waals surface area contributed by atoms with Gasteiger partial charge in [-0.3, -0.25) is 4.79 Å². The Morgan fingerprint density at radius 3 is 2.50 bits per heavy atom. The number of hydrogen-bond donors (Lipinski definition) is 1. The Balaban J connectivity index is 1.66. The smallest absolute Gasteiger partial charge is 0.275 e. The summed E-state index contributed by atoms with van der Waals surface area (Å²) in [7, 11) is 0. The van der Waals surface area contributed by atoms with E-state index in [0.717, 1.165) is 18.9 Å². The van der Waals surface area contributed by atoms with Gasteiger partial charge in [-0.05, 0) is 24.3 Å². The predicted molar refractivity (Wildman–Crippen MR) is 79.4 cm³/mol. The van der Waals surface area contributed by atoms with E-state index in [-0.39, 0.29) is 17.4 Å². The molecule has 0 bridgehead atoms. The SMILES string of the molecule is O=C(Nc1ccc(F)cc1)c1cnc(N2CCOCC2)cn1. The van der Waals surface area contributed by atoms with Crippen molar-refractivity contribution in [3.8, 4) is 0 Å². The minimum absolute atomic E-state index is 0.210. The average Bonchev–Trinajstić information content (AvgIpc) is 2.58. The van der Waals surface area contributed by atoms with Crippen LogP contribution >= 0.6 is 0 Å². The molecule has 6 nitrogen and oxygen atoms in total. The molecule has 1 fully saturated rings. The van der Waals surface area contributed by atoms with Gasteiger partial charge in [-0.1, -0.05) is 0 Å². The fourth-order valence-corrected chi connectivity index (χ4v) is 2.12. The molecule has 0 unspecified atom stereocenters. The largest absolute Gasteiger partial charge is 0.378 e. The highest BCUT2D eigenvalue weighted by Crippen LogP contribution is 2.13. The zero-order valence-corrected chi connectivity index (χ0v) is 11.8. The molecule has 2 heterocycles. The molecule has 3 rings (SSSR count). The van der Waals surface area contributed by atoms with Gasteiger partial charge in [0.15, 0.2) is 0 Å². The molecule has 1 aliphatic heterocycles. The molecule has 1 aliphatic rings. The summed E-state index contributed by atoms with van der Waals surface area (Å²) in [5.74, 6) is -0.0121. The van der Waals surface area contributed by atoms with Crippen LogP contribution in [0, 0.1) is 5.82 Å². The Morgan fingerprint density at radius 2 is 1.86 bits per heavy atom. The molecule has 1 aromatic carbocycles. The van der Waals surface area contributed by atoms with Gasteiger partial charge in [0.05, 0.1) is 25.6 Å². The summed E-state index contributed by atoms with van der Waals surface area (Å²) in [4.78, 5) is 22.5. The van der Waals surface area contributed by atoms with E-state index < -0.39 is 0 Å². The van der Waals surface area contributed by atoms with Gasteiger partial charge in [0.1, 0.15) is 17.3 Å². The molecule has 0 spiro atoms. The maximum absolute atomic E-state index is 12.8. The molecule has 114 valence electrons. The van der Waals surface area contributed by atoms with E-state index in [2.05, 4.69) is 20.2 Å². The van der Waals surface area contributed by atoms with Crippen molar-refractivity contribution in [1.29, 1.82) is 0 Å². The number of aromatic nitrogens is 2. The third-order valence-corrected chi connectivity index (χ3v) is 3.31. The molecular weight excluding hydrogens is 287 g/mol. The van der Waals surface area contributed by atoms with Gasteiger partial charge in [-0.25, -0.2) is 14.4 Å². The standard InChI is InChI=1S/C15H15FN4O2/c16-11-1-3-12(4-2-11)19-15(21)13-9-18-14(10-17-13)20-5-7-22-8-6-20/h1-4,9-10H,5-8H2,(H,19,21). The van der Waals surface area contributed by atoms with E-state index in [1.807, 2.05) is 0 Å². The molecule has 22 heavy (non-hydrogen) atoms. The van der Waals surface area contributed by atoms with E-state index in [9.17, 15) is 9.18 Å². The van der Waals surface area contributed by atoms with Crippen LogP contribution in [0.3, 0.4) is 0 Å². The molecule has 0 saturated carbocycles. The monoisotopic (exact) mass is 302 g/mol. The first-order valence-corrected chi connectivity index (χ1v) is 6.94. The van der Waals surface area contributed by atoms with Crippen LogP contribution in [-0.2, 0) is 4.74 Å². The number of benzene rings is 1. The van der Waals surface area contributed by atoms with Crippen LogP contribution in [0.5, 0.6) is 0 Å². The summed E-state index contributed by atoms with van der Waals surface area (Å²) in [6, 6.07) is 5.54. The summed E-state index contributed by atoms with van der Waals surface area (Å²) in [6.07, 6.45) is 3.01. The van der Waals surface area contributed by atoms with Crippen LogP contribution in [0.15, 0.2) is 36.7 Å². The van der Waals surface area contributed by atoms with Crippen molar-refractivity contribution in [2.45, 2.75) is 0 Å². The molecule has 1 amide bonds. The number of carbonyl (C=O) groups excluding carboxylic acids is 1. The number of hydrogen-bond acceptors (Lipinski definition) is 5. The Hall–Kier alpha value is -2.54. The van der Waals surface area contributed by atoms with Crippen molar-refractivity contribution in [2.24, 2.45) is 0 Å². The third-order valence-electron chi connectivity index (χ3n) is 3.31. The van der Waals surface area contributed by atoms with Crippen LogP contribution in [0.2, 0.25) is 0 Å². The first-order valence-electron chi connectivity index (χ1n) is 6.94. The van der Waals surface area contributed by atoms with E-state index in [4.69, 9.17) is 4.74 Å². The highest BCUT2D eigenvalue weighted by molar-refractivity contribution is 6.02. The highest BCUT2D eigenvalue weighted by Gasteiger charge is 2.14. The van der Waals surface area contributed by atoms with Crippen molar-refractivity contribution < 1.29 is 13.9 Å². The second-order valence-electron chi connectivity index (χ2n) is 4.82. The normalized spacial score (nSPS) is 14.7. The minimum atomic E-state index is -0.382. The second kappa shape index (κ2) is 6.48. The minimum Gasteiger partial charge on any atom is -0.378 e. The summed E-state index contributed by atoms with van der Waals surface area (Å²) >= 11 is 0. The van der Waals surface area contributed by atoms with Gasteiger partial charge in [0.2, 0.25) is 0 Å². The van der Waals surface area contributed by atoms with Crippen LogP contribution < -0.4 is 10.2 Å². The molecule has 1 N–H and O–H groups in total.